The quantitative estimate of drug-likeness (QED) is 0.427. The molecule has 0 saturated heterocycles. The summed E-state index contributed by atoms with van der Waals surface area (Å²) >= 11 is 6.04. The molecular formula is C24H24ClFN2O4. The van der Waals surface area contributed by atoms with Crippen LogP contribution >= 0.6 is 11.6 Å². The van der Waals surface area contributed by atoms with Crippen molar-refractivity contribution in [3.05, 3.63) is 88.2 Å². The molecule has 1 amide bonds. The van der Waals surface area contributed by atoms with Gasteiger partial charge < -0.3 is 25.6 Å². The van der Waals surface area contributed by atoms with E-state index in [0.29, 0.717) is 29.5 Å². The molecule has 0 aliphatic rings. The van der Waals surface area contributed by atoms with Gasteiger partial charge in [-0.25, -0.2) is 4.39 Å². The molecule has 0 spiro atoms. The van der Waals surface area contributed by atoms with Crippen LogP contribution in [0, 0.1) is 5.82 Å². The molecule has 1 unspecified atom stereocenters. The molecule has 168 valence electrons. The zero-order valence-corrected chi connectivity index (χ0v) is 18.2. The van der Waals surface area contributed by atoms with Gasteiger partial charge in [-0.05, 0) is 42.3 Å². The lowest BCUT2D eigenvalue weighted by atomic mass is 10.0. The number of rotatable bonds is 10. The molecule has 0 aromatic heterocycles. The third kappa shape index (κ3) is 6.12. The maximum Gasteiger partial charge on any atom is 0.234 e. The van der Waals surface area contributed by atoms with Crippen molar-refractivity contribution in [3.8, 4) is 17.2 Å². The van der Waals surface area contributed by atoms with Gasteiger partial charge in [-0.2, -0.15) is 0 Å². The van der Waals surface area contributed by atoms with Crippen LogP contribution in [0.4, 0.5) is 4.39 Å². The molecule has 6 nitrogen and oxygen atoms in total. The molecule has 4 N–H and O–H groups in total. The number of aromatic hydroxyl groups is 1. The van der Waals surface area contributed by atoms with Crippen LogP contribution in [0.1, 0.15) is 16.7 Å². The summed E-state index contributed by atoms with van der Waals surface area (Å²) in [6.07, 6.45) is 0.378. The molecule has 0 heterocycles. The zero-order valence-electron chi connectivity index (χ0n) is 17.5. The number of hydrogen-bond acceptors (Lipinski definition) is 5. The van der Waals surface area contributed by atoms with Crippen LogP contribution in [-0.4, -0.2) is 24.2 Å². The summed E-state index contributed by atoms with van der Waals surface area (Å²) in [5.74, 6) is 0.264. The van der Waals surface area contributed by atoms with Crippen LogP contribution in [0.2, 0.25) is 5.02 Å². The summed E-state index contributed by atoms with van der Waals surface area (Å²) in [6.45, 7) is 0.303. The summed E-state index contributed by atoms with van der Waals surface area (Å²) in [5, 5.41) is 12.8. The minimum Gasteiger partial charge on any atom is -0.508 e. The monoisotopic (exact) mass is 458 g/mol. The van der Waals surface area contributed by atoms with Crippen molar-refractivity contribution in [1.29, 1.82) is 0 Å². The van der Waals surface area contributed by atoms with E-state index in [9.17, 15) is 14.3 Å². The first-order valence-corrected chi connectivity index (χ1v) is 10.3. The molecule has 1 atom stereocenters. The summed E-state index contributed by atoms with van der Waals surface area (Å²) in [6, 6.07) is 15.7. The van der Waals surface area contributed by atoms with Crippen molar-refractivity contribution in [2.45, 2.75) is 25.6 Å². The van der Waals surface area contributed by atoms with E-state index in [0.717, 1.165) is 11.1 Å². The van der Waals surface area contributed by atoms with Crippen LogP contribution in [-0.2, 0) is 24.4 Å². The second kappa shape index (κ2) is 10.8. The lowest BCUT2D eigenvalue weighted by Gasteiger charge is -2.18. The Balaban J connectivity index is 1.65. The first-order valence-electron chi connectivity index (χ1n) is 9.90. The number of carbonyl (C=O) groups excluding carboxylic acids is 1. The summed E-state index contributed by atoms with van der Waals surface area (Å²) in [4.78, 5) is 11.9. The molecular weight excluding hydrogens is 435 g/mol. The van der Waals surface area contributed by atoms with Crippen molar-refractivity contribution in [2.75, 3.05) is 7.11 Å². The van der Waals surface area contributed by atoms with Crippen LogP contribution in [0.25, 0.3) is 0 Å². The minimum atomic E-state index is -0.608. The van der Waals surface area contributed by atoms with Crippen LogP contribution < -0.4 is 20.5 Å². The number of benzene rings is 3. The Bertz CT molecular complexity index is 1060. The van der Waals surface area contributed by atoms with E-state index >= 15 is 0 Å². The predicted molar refractivity (Wildman–Crippen MR) is 120 cm³/mol. The first kappa shape index (κ1) is 23.4. The third-order valence-corrected chi connectivity index (χ3v) is 5.32. The lowest BCUT2D eigenvalue weighted by molar-refractivity contribution is -0.120. The largest absolute Gasteiger partial charge is 0.508 e. The molecule has 3 rings (SSSR count). The van der Waals surface area contributed by atoms with E-state index in [1.165, 1.54) is 19.2 Å². The van der Waals surface area contributed by atoms with Gasteiger partial charge in [0, 0.05) is 23.7 Å². The third-order valence-electron chi connectivity index (χ3n) is 4.96. The number of nitrogens with two attached hydrogens (primary N) is 1. The molecule has 0 aliphatic carbocycles. The van der Waals surface area contributed by atoms with E-state index in [1.807, 2.05) is 0 Å². The van der Waals surface area contributed by atoms with Gasteiger partial charge in [-0.1, -0.05) is 35.9 Å². The van der Waals surface area contributed by atoms with Gasteiger partial charge in [0.15, 0.2) is 0 Å². The highest BCUT2D eigenvalue weighted by atomic mass is 35.5. The van der Waals surface area contributed by atoms with E-state index in [1.54, 1.807) is 48.5 Å². The van der Waals surface area contributed by atoms with Gasteiger partial charge in [-0.15, -0.1) is 0 Å². The number of methoxy groups -OCH3 is 1. The fourth-order valence-electron chi connectivity index (χ4n) is 3.16. The second-order valence-corrected chi connectivity index (χ2v) is 7.58. The van der Waals surface area contributed by atoms with E-state index in [2.05, 4.69) is 5.32 Å². The Morgan fingerprint density at radius 3 is 2.59 bits per heavy atom. The average Bonchev–Trinajstić information content (AvgIpc) is 2.77. The first-order chi connectivity index (χ1) is 15.4. The summed E-state index contributed by atoms with van der Waals surface area (Å²) < 4.78 is 25.1. The molecule has 32 heavy (non-hydrogen) atoms. The van der Waals surface area contributed by atoms with Crippen molar-refractivity contribution in [2.24, 2.45) is 5.73 Å². The fraction of sp³-hybridized carbons (Fsp3) is 0.208. The van der Waals surface area contributed by atoms with Crippen LogP contribution in [0.3, 0.4) is 0 Å². The lowest BCUT2D eigenvalue weighted by Crippen LogP contribution is -2.42. The van der Waals surface area contributed by atoms with Crippen molar-refractivity contribution in [3.63, 3.8) is 0 Å². The number of primary amides is 1. The Kier molecular flexibility index (Phi) is 7.92. The SMILES string of the molecule is COc1cc(OCc2c(F)cccc2Cl)ccc1CNC(Cc1ccc(O)cc1)C(N)=O. The summed E-state index contributed by atoms with van der Waals surface area (Å²) in [7, 11) is 1.53. The van der Waals surface area contributed by atoms with Gasteiger partial charge >= 0.3 is 0 Å². The van der Waals surface area contributed by atoms with Gasteiger partial charge in [-0.3, -0.25) is 4.79 Å². The van der Waals surface area contributed by atoms with Crippen LogP contribution in [0.5, 0.6) is 17.2 Å². The Labute approximate surface area is 190 Å². The number of amides is 1. The van der Waals surface area contributed by atoms with Crippen molar-refractivity contribution in [1.82, 2.24) is 5.32 Å². The number of ether oxygens (including phenoxy) is 2. The molecule has 3 aromatic carbocycles. The minimum absolute atomic E-state index is 0.0252. The number of phenolic OH excluding ortho intramolecular Hbond substituents is 1. The molecule has 3 aromatic rings. The predicted octanol–water partition coefficient (Wildman–Crippen LogP) is 3.96. The average molecular weight is 459 g/mol. The van der Waals surface area contributed by atoms with Crippen molar-refractivity contribution >= 4 is 17.5 Å². The Morgan fingerprint density at radius 2 is 1.94 bits per heavy atom. The summed E-state index contributed by atoms with van der Waals surface area (Å²) in [5.41, 5.74) is 7.48. The molecule has 0 bridgehead atoms. The number of halogens is 2. The molecule has 0 radical (unpaired) electrons. The number of nitrogens with one attached hydrogen (secondary N) is 1. The normalized spacial score (nSPS) is 11.7. The Hall–Kier alpha value is -3.29. The number of carbonyl (C=O) groups is 1. The van der Waals surface area contributed by atoms with Gasteiger partial charge in [0.1, 0.15) is 29.7 Å². The van der Waals surface area contributed by atoms with Gasteiger partial charge in [0.05, 0.1) is 18.2 Å². The highest BCUT2D eigenvalue weighted by Gasteiger charge is 2.17. The topological polar surface area (TPSA) is 93.8 Å². The smallest absolute Gasteiger partial charge is 0.234 e. The second-order valence-electron chi connectivity index (χ2n) is 7.17. The maximum atomic E-state index is 13.9. The molecule has 0 saturated carbocycles. The highest BCUT2D eigenvalue weighted by Crippen LogP contribution is 2.27. The fourth-order valence-corrected chi connectivity index (χ4v) is 3.38. The number of phenols is 1. The van der Waals surface area contributed by atoms with E-state index in [-0.39, 0.29) is 17.9 Å². The van der Waals surface area contributed by atoms with E-state index in [4.69, 9.17) is 26.8 Å². The van der Waals surface area contributed by atoms with Gasteiger partial charge in [0.25, 0.3) is 0 Å². The molecule has 0 aliphatic heterocycles. The molecule has 0 fully saturated rings. The van der Waals surface area contributed by atoms with E-state index < -0.39 is 17.8 Å². The maximum absolute atomic E-state index is 13.9. The van der Waals surface area contributed by atoms with Gasteiger partial charge in [0.2, 0.25) is 5.91 Å². The Morgan fingerprint density at radius 1 is 1.19 bits per heavy atom. The van der Waals surface area contributed by atoms with Crippen molar-refractivity contribution < 1.29 is 23.8 Å². The standard InChI is InChI=1S/C24H24ClFN2O4/c1-31-23-12-18(32-14-19-20(25)3-2-4-21(19)26)10-7-16(23)13-28-22(24(27)30)11-15-5-8-17(29)9-6-15/h2-10,12,22,28-29H,11,13-14H2,1H3,(H2,27,30). The molecule has 8 heteroatoms. The highest BCUT2D eigenvalue weighted by molar-refractivity contribution is 6.31. The zero-order chi connectivity index (χ0) is 23.1. The number of hydrogen-bond donors (Lipinski definition) is 3. The van der Waals surface area contributed by atoms with Crippen LogP contribution in [0.15, 0.2) is 60.7 Å².